The Morgan fingerprint density at radius 1 is 1.69 bits per heavy atom. The fourth-order valence-corrected chi connectivity index (χ4v) is 1.49. The van der Waals surface area contributed by atoms with E-state index < -0.39 is 0 Å². The highest BCUT2D eigenvalue weighted by molar-refractivity contribution is 5.79. The Kier molecular flexibility index (Phi) is 3.73. The van der Waals surface area contributed by atoms with Crippen LogP contribution in [-0.2, 0) is 9.59 Å². The van der Waals surface area contributed by atoms with Crippen LogP contribution in [0.5, 0.6) is 0 Å². The topological polar surface area (TPSA) is 49.4 Å². The van der Waals surface area contributed by atoms with E-state index in [1.807, 2.05) is 0 Å². The number of carbonyl (C=O) groups excluding carboxylic acids is 2. The minimum absolute atomic E-state index is 0.0494. The molecular formula is C9H16N2O2. The number of nitrogens with zero attached hydrogens (tertiary/aromatic N) is 1. The summed E-state index contributed by atoms with van der Waals surface area (Å²) in [5.41, 5.74) is 0. The molecule has 0 saturated carbocycles. The summed E-state index contributed by atoms with van der Waals surface area (Å²) in [6, 6.07) is 0.0801. The summed E-state index contributed by atoms with van der Waals surface area (Å²) >= 11 is 0. The lowest BCUT2D eigenvalue weighted by atomic mass is 10.2. The third-order valence-corrected chi connectivity index (χ3v) is 2.33. The van der Waals surface area contributed by atoms with E-state index in [1.54, 1.807) is 4.90 Å². The normalized spacial score (nSPS) is 21.3. The van der Waals surface area contributed by atoms with Gasteiger partial charge in [0.1, 0.15) is 0 Å². The summed E-state index contributed by atoms with van der Waals surface area (Å²) in [6.07, 6.45) is 3.38. The van der Waals surface area contributed by atoms with Crippen molar-refractivity contribution >= 4 is 12.3 Å². The van der Waals surface area contributed by atoms with Crippen LogP contribution in [-0.4, -0.2) is 36.3 Å². The maximum absolute atomic E-state index is 10.9. The molecule has 1 atom stereocenters. The maximum atomic E-state index is 10.9. The van der Waals surface area contributed by atoms with Crippen LogP contribution >= 0.6 is 0 Å². The van der Waals surface area contributed by atoms with E-state index in [9.17, 15) is 9.59 Å². The van der Waals surface area contributed by atoms with Crippen molar-refractivity contribution < 1.29 is 9.59 Å². The van der Waals surface area contributed by atoms with Gasteiger partial charge in [0.15, 0.2) is 0 Å². The Labute approximate surface area is 78.3 Å². The van der Waals surface area contributed by atoms with E-state index in [4.69, 9.17) is 0 Å². The lowest BCUT2D eigenvalue weighted by Crippen LogP contribution is -2.36. The van der Waals surface area contributed by atoms with E-state index in [1.165, 1.54) is 0 Å². The number of carbonyl (C=O) groups is 2. The van der Waals surface area contributed by atoms with Gasteiger partial charge >= 0.3 is 0 Å². The predicted molar refractivity (Wildman–Crippen MR) is 49.1 cm³/mol. The van der Waals surface area contributed by atoms with Crippen molar-refractivity contribution in [1.82, 2.24) is 10.2 Å². The molecule has 1 N–H and O–H groups in total. The van der Waals surface area contributed by atoms with Gasteiger partial charge in [0.05, 0.1) is 6.04 Å². The molecule has 13 heavy (non-hydrogen) atoms. The van der Waals surface area contributed by atoms with Crippen LogP contribution in [0.2, 0.25) is 0 Å². The average molecular weight is 184 g/mol. The molecular weight excluding hydrogens is 168 g/mol. The molecule has 1 saturated heterocycles. The van der Waals surface area contributed by atoms with Crippen molar-refractivity contribution in [3.63, 3.8) is 0 Å². The summed E-state index contributed by atoms with van der Waals surface area (Å²) in [5.74, 6) is 0.0494. The predicted octanol–water partition coefficient (Wildman–Crippen LogP) is 0.133. The molecule has 0 radical (unpaired) electrons. The van der Waals surface area contributed by atoms with E-state index in [0.717, 1.165) is 25.8 Å². The van der Waals surface area contributed by atoms with Crippen molar-refractivity contribution in [2.45, 2.75) is 32.2 Å². The second kappa shape index (κ2) is 4.84. The number of hydrogen-bond acceptors (Lipinski definition) is 2. The maximum Gasteiger partial charge on any atom is 0.222 e. The molecule has 1 rings (SSSR count). The lowest BCUT2D eigenvalue weighted by molar-refractivity contribution is -0.121. The van der Waals surface area contributed by atoms with Crippen molar-refractivity contribution in [3.05, 3.63) is 0 Å². The van der Waals surface area contributed by atoms with Crippen molar-refractivity contribution in [2.75, 3.05) is 13.1 Å². The molecule has 0 spiro atoms. The average Bonchev–Trinajstić information content (AvgIpc) is 2.54. The van der Waals surface area contributed by atoms with Gasteiger partial charge < -0.3 is 10.2 Å². The van der Waals surface area contributed by atoms with Gasteiger partial charge in [-0.15, -0.1) is 0 Å². The highest BCUT2D eigenvalue weighted by atomic mass is 16.2. The molecule has 0 aromatic heterocycles. The Hall–Kier alpha value is -1.06. The van der Waals surface area contributed by atoms with Crippen molar-refractivity contribution in [2.24, 2.45) is 0 Å². The minimum Gasteiger partial charge on any atom is -0.354 e. The van der Waals surface area contributed by atoms with Crippen LogP contribution in [0.4, 0.5) is 0 Å². The summed E-state index contributed by atoms with van der Waals surface area (Å²) in [7, 11) is 0. The van der Waals surface area contributed by atoms with Gasteiger partial charge in [-0.05, 0) is 6.42 Å². The molecule has 4 heteroatoms. The van der Waals surface area contributed by atoms with Crippen LogP contribution in [0, 0.1) is 0 Å². The highest BCUT2D eigenvalue weighted by Gasteiger charge is 2.25. The first kappa shape index (κ1) is 10.0. The SMILES string of the molecule is CCCCN(C=O)C1CNC(=O)C1. The summed E-state index contributed by atoms with van der Waals surface area (Å²) < 4.78 is 0. The van der Waals surface area contributed by atoms with E-state index in [0.29, 0.717) is 13.0 Å². The Morgan fingerprint density at radius 3 is 2.92 bits per heavy atom. The molecule has 1 aliphatic rings. The van der Waals surface area contributed by atoms with Crippen LogP contribution in [0.3, 0.4) is 0 Å². The molecule has 1 unspecified atom stereocenters. The fourth-order valence-electron chi connectivity index (χ4n) is 1.49. The Balaban J connectivity index is 2.37. The smallest absolute Gasteiger partial charge is 0.222 e. The van der Waals surface area contributed by atoms with Gasteiger partial charge in [0, 0.05) is 19.5 Å². The van der Waals surface area contributed by atoms with E-state index in [-0.39, 0.29) is 11.9 Å². The number of nitrogens with one attached hydrogen (secondary N) is 1. The standard InChI is InChI=1S/C9H16N2O2/c1-2-3-4-11(7-12)8-5-9(13)10-6-8/h7-8H,2-6H2,1H3,(H,10,13). The van der Waals surface area contributed by atoms with Gasteiger partial charge in [-0.3, -0.25) is 9.59 Å². The summed E-state index contributed by atoms with van der Waals surface area (Å²) in [6.45, 7) is 3.46. The van der Waals surface area contributed by atoms with Gasteiger partial charge in [-0.25, -0.2) is 0 Å². The molecule has 0 aromatic rings. The van der Waals surface area contributed by atoms with Crippen molar-refractivity contribution in [1.29, 1.82) is 0 Å². The molecule has 1 fully saturated rings. The molecule has 74 valence electrons. The van der Waals surface area contributed by atoms with Crippen molar-refractivity contribution in [3.8, 4) is 0 Å². The van der Waals surface area contributed by atoms with Gasteiger partial charge in [-0.2, -0.15) is 0 Å². The van der Waals surface area contributed by atoms with Crippen LogP contribution < -0.4 is 5.32 Å². The van der Waals surface area contributed by atoms with Gasteiger partial charge in [0.2, 0.25) is 12.3 Å². The summed E-state index contributed by atoms with van der Waals surface area (Å²) in [4.78, 5) is 23.3. The third kappa shape index (κ3) is 2.72. The molecule has 1 heterocycles. The zero-order chi connectivity index (χ0) is 9.68. The quantitative estimate of drug-likeness (QED) is 0.617. The lowest BCUT2D eigenvalue weighted by Gasteiger charge is -2.22. The first-order valence-electron chi connectivity index (χ1n) is 4.75. The third-order valence-electron chi connectivity index (χ3n) is 2.33. The first-order valence-corrected chi connectivity index (χ1v) is 4.75. The van der Waals surface area contributed by atoms with E-state index in [2.05, 4.69) is 12.2 Å². The monoisotopic (exact) mass is 184 g/mol. The second-order valence-electron chi connectivity index (χ2n) is 3.36. The van der Waals surface area contributed by atoms with Crippen LogP contribution in [0.1, 0.15) is 26.2 Å². The largest absolute Gasteiger partial charge is 0.354 e. The number of amides is 2. The molecule has 0 bridgehead atoms. The molecule has 4 nitrogen and oxygen atoms in total. The Bertz CT molecular complexity index is 194. The minimum atomic E-state index is 0.0494. The second-order valence-corrected chi connectivity index (χ2v) is 3.36. The molecule has 1 aliphatic heterocycles. The summed E-state index contributed by atoms with van der Waals surface area (Å²) in [5, 5.41) is 2.72. The van der Waals surface area contributed by atoms with Crippen LogP contribution in [0.15, 0.2) is 0 Å². The highest BCUT2D eigenvalue weighted by Crippen LogP contribution is 2.08. The first-order chi connectivity index (χ1) is 6.27. The van der Waals surface area contributed by atoms with E-state index >= 15 is 0 Å². The zero-order valence-electron chi connectivity index (χ0n) is 7.95. The van der Waals surface area contributed by atoms with Gasteiger partial charge in [-0.1, -0.05) is 13.3 Å². The fraction of sp³-hybridized carbons (Fsp3) is 0.778. The zero-order valence-corrected chi connectivity index (χ0v) is 7.95. The molecule has 0 aromatic carbocycles. The number of unbranched alkanes of at least 4 members (excludes halogenated alkanes) is 1. The van der Waals surface area contributed by atoms with Crippen LogP contribution in [0.25, 0.3) is 0 Å². The molecule has 2 amide bonds. The molecule has 0 aliphatic carbocycles. The number of hydrogen-bond donors (Lipinski definition) is 1. The number of rotatable bonds is 5. The van der Waals surface area contributed by atoms with Gasteiger partial charge in [0.25, 0.3) is 0 Å². The Morgan fingerprint density at radius 2 is 2.46 bits per heavy atom.